The third kappa shape index (κ3) is 14.1. The van der Waals surface area contributed by atoms with Gasteiger partial charge in [0, 0.05) is 13.2 Å². The second-order valence-electron chi connectivity index (χ2n) is 5.52. The summed E-state index contributed by atoms with van der Waals surface area (Å²) in [4.78, 5) is 2.41. The van der Waals surface area contributed by atoms with Crippen LogP contribution in [0.2, 0.25) is 0 Å². The number of unbranched alkanes of at least 4 members (excludes halogenated alkanes) is 2. The molecule has 2 N–H and O–H groups in total. The van der Waals surface area contributed by atoms with Crippen molar-refractivity contribution in [3.8, 4) is 0 Å². The van der Waals surface area contributed by atoms with E-state index in [4.69, 9.17) is 5.11 Å². The van der Waals surface area contributed by atoms with E-state index in [1.54, 1.807) is 0 Å². The Morgan fingerprint density at radius 2 is 1.68 bits per heavy atom. The maximum absolute atomic E-state index is 7.00. The maximum Gasteiger partial charge on any atom is 0.0319 e. The molecule has 3 heteroatoms. The van der Waals surface area contributed by atoms with Crippen LogP contribution in [0.15, 0.2) is 0 Å². The first-order valence-corrected chi connectivity index (χ1v) is 7.98. The lowest BCUT2D eigenvalue weighted by Gasteiger charge is -2.14. The Balaban J connectivity index is 0. The van der Waals surface area contributed by atoms with Gasteiger partial charge in [-0.1, -0.05) is 33.6 Å². The van der Waals surface area contributed by atoms with Crippen LogP contribution in [0, 0.1) is 5.92 Å². The Labute approximate surface area is 121 Å². The van der Waals surface area contributed by atoms with Gasteiger partial charge in [-0.3, -0.25) is 0 Å². The molecule has 1 aliphatic heterocycles. The third-order valence-corrected chi connectivity index (χ3v) is 3.67. The molecule has 2 unspecified atom stereocenters. The monoisotopic (exact) mass is 274 g/mol. The minimum Gasteiger partial charge on any atom is -0.400 e. The van der Waals surface area contributed by atoms with Gasteiger partial charge in [0.25, 0.3) is 0 Å². The molecule has 1 saturated heterocycles. The van der Waals surface area contributed by atoms with Crippen LogP contribution < -0.4 is 5.32 Å². The van der Waals surface area contributed by atoms with Gasteiger partial charge < -0.3 is 15.3 Å². The molecule has 0 aromatic heterocycles. The highest BCUT2D eigenvalue weighted by Gasteiger charge is 2.16. The van der Waals surface area contributed by atoms with E-state index in [2.05, 4.69) is 45.0 Å². The standard InChI is InChI=1S/C9H21N.C6H13N.CH4O/c1-4-6-7-9-10(3)8-5-2;1-5-3-4-7-6(5)2;1-2/h4-9H2,1-3H3;5-7H,3-4H2,1-2H3;2H,1H3. The molecule has 0 bridgehead atoms. The topological polar surface area (TPSA) is 35.5 Å². The maximum atomic E-state index is 7.00. The largest absolute Gasteiger partial charge is 0.400 e. The molecule has 19 heavy (non-hydrogen) atoms. The Morgan fingerprint density at radius 1 is 1.05 bits per heavy atom. The highest BCUT2D eigenvalue weighted by molar-refractivity contribution is 4.75. The van der Waals surface area contributed by atoms with Crippen LogP contribution in [0.5, 0.6) is 0 Å². The Bertz CT molecular complexity index is 157. The molecule has 0 aromatic rings. The number of nitrogens with zero attached hydrogens (tertiary/aromatic N) is 1. The quantitative estimate of drug-likeness (QED) is 0.731. The van der Waals surface area contributed by atoms with Gasteiger partial charge in [-0.15, -0.1) is 0 Å². The fourth-order valence-corrected chi connectivity index (χ4v) is 2.12. The van der Waals surface area contributed by atoms with Crippen molar-refractivity contribution in [2.24, 2.45) is 5.92 Å². The zero-order valence-electron chi connectivity index (χ0n) is 14.2. The lowest BCUT2D eigenvalue weighted by Crippen LogP contribution is -2.20. The van der Waals surface area contributed by atoms with Gasteiger partial charge in [-0.2, -0.15) is 0 Å². The minimum atomic E-state index is 0.764. The number of nitrogens with one attached hydrogen (secondary N) is 1. The molecule has 0 spiro atoms. The van der Waals surface area contributed by atoms with Crippen LogP contribution >= 0.6 is 0 Å². The fourth-order valence-electron chi connectivity index (χ4n) is 2.12. The van der Waals surface area contributed by atoms with E-state index >= 15 is 0 Å². The van der Waals surface area contributed by atoms with E-state index in [9.17, 15) is 0 Å². The van der Waals surface area contributed by atoms with Gasteiger partial charge in [0.05, 0.1) is 0 Å². The molecule has 0 aromatic carbocycles. The first-order chi connectivity index (χ1) is 9.11. The Morgan fingerprint density at radius 3 is 2.00 bits per heavy atom. The highest BCUT2D eigenvalue weighted by Crippen LogP contribution is 2.12. The number of rotatable bonds is 6. The molecule has 1 heterocycles. The summed E-state index contributed by atoms with van der Waals surface area (Å²) in [7, 11) is 3.21. The third-order valence-electron chi connectivity index (χ3n) is 3.67. The van der Waals surface area contributed by atoms with Crippen LogP contribution in [-0.4, -0.2) is 49.8 Å². The second kappa shape index (κ2) is 15.9. The van der Waals surface area contributed by atoms with E-state index in [1.165, 1.54) is 51.7 Å². The van der Waals surface area contributed by atoms with E-state index < -0.39 is 0 Å². The van der Waals surface area contributed by atoms with Crippen molar-refractivity contribution >= 4 is 0 Å². The smallest absolute Gasteiger partial charge is 0.0319 e. The molecule has 2 atom stereocenters. The van der Waals surface area contributed by atoms with Gasteiger partial charge in [0.15, 0.2) is 0 Å². The number of aliphatic hydroxyl groups excluding tert-OH is 1. The van der Waals surface area contributed by atoms with E-state index in [0.717, 1.165) is 19.1 Å². The van der Waals surface area contributed by atoms with Gasteiger partial charge in [0.1, 0.15) is 0 Å². The normalized spacial score (nSPS) is 21.5. The molecule has 1 aliphatic rings. The fraction of sp³-hybridized carbons (Fsp3) is 1.00. The van der Waals surface area contributed by atoms with E-state index in [0.29, 0.717) is 0 Å². The summed E-state index contributed by atoms with van der Waals surface area (Å²) in [6, 6.07) is 0.764. The van der Waals surface area contributed by atoms with Crippen LogP contribution in [-0.2, 0) is 0 Å². The first kappa shape index (κ1) is 21.2. The molecular weight excluding hydrogens is 236 g/mol. The van der Waals surface area contributed by atoms with Crippen molar-refractivity contribution in [1.82, 2.24) is 10.2 Å². The van der Waals surface area contributed by atoms with Gasteiger partial charge >= 0.3 is 0 Å². The molecule has 118 valence electrons. The van der Waals surface area contributed by atoms with Crippen molar-refractivity contribution in [3.63, 3.8) is 0 Å². The van der Waals surface area contributed by atoms with Crippen molar-refractivity contribution in [1.29, 1.82) is 0 Å². The van der Waals surface area contributed by atoms with Crippen molar-refractivity contribution in [2.75, 3.05) is 33.8 Å². The summed E-state index contributed by atoms with van der Waals surface area (Å²) < 4.78 is 0. The average Bonchev–Trinajstić information content (AvgIpc) is 2.78. The minimum absolute atomic E-state index is 0.764. The zero-order chi connectivity index (χ0) is 15.1. The molecule has 3 nitrogen and oxygen atoms in total. The summed E-state index contributed by atoms with van der Waals surface area (Å²) >= 11 is 0. The lowest BCUT2D eigenvalue weighted by molar-refractivity contribution is 0.326. The van der Waals surface area contributed by atoms with Crippen LogP contribution in [0.3, 0.4) is 0 Å². The Kier molecular flexibility index (Phi) is 17.8. The molecule has 0 radical (unpaired) electrons. The summed E-state index contributed by atoms with van der Waals surface area (Å²) in [5, 5.41) is 10.4. The van der Waals surface area contributed by atoms with Gasteiger partial charge in [0.2, 0.25) is 0 Å². The number of hydrogen-bond donors (Lipinski definition) is 2. The molecule has 0 aliphatic carbocycles. The van der Waals surface area contributed by atoms with Crippen LogP contribution in [0.25, 0.3) is 0 Å². The summed E-state index contributed by atoms with van der Waals surface area (Å²) in [6.45, 7) is 12.8. The van der Waals surface area contributed by atoms with Crippen LogP contribution in [0.1, 0.15) is 59.8 Å². The number of hydrogen-bond acceptors (Lipinski definition) is 3. The van der Waals surface area contributed by atoms with E-state index in [-0.39, 0.29) is 0 Å². The number of aliphatic hydroxyl groups is 1. The lowest BCUT2D eigenvalue weighted by atomic mass is 10.1. The SMILES string of the molecule is CC1CCNC1C.CCCCCN(C)CCC.CO. The van der Waals surface area contributed by atoms with Crippen molar-refractivity contribution < 1.29 is 5.11 Å². The predicted octanol–water partition coefficient (Wildman–Crippen LogP) is 3.13. The zero-order valence-corrected chi connectivity index (χ0v) is 14.2. The summed E-state index contributed by atoms with van der Waals surface area (Å²) in [5.41, 5.74) is 0. The second-order valence-corrected chi connectivity index (χ2v) is 5.52. The van der Waals surface area contributed by atoms with Crippen molar-refractivity contribution in [2.45, 2.75) is 65.8 Å². The molecular formula is C16H38N2O. The molecule has 1 rings (SSSR count). The van der Waals surface area contributed by atoms with Gasteiger partial charge in [-0.05, 0) is 58.8 Å². The van der Waals surface area contributed by atoms with Crippen LogP contribution in [0.4, 0.5) is 0 Å². The molecule has 0 saturated carbocycles. The predicted molar refractivity (Wildman–Crippen MR) is 86.7 cm³/mol. The summed E-state index contributed by atoms with van der Waals surface area (Å²) in [5.74, 6) is 0.903. The van der Waals surface area contributed by atoms with Gasteiger partial charge in [-0.25, -0.2) is 0 Å². The first-order valence-electron chi connectivity index (χ1n) is 7.98. The Hall–Kier alpha value is -0.120. The van der Waals surface area contributed by atoms with Crippen molar-refractivity contribution in [3.05, 3.63) is 0 Å². The molecule has 1 fully saturated rings. The molecule has 0 amide bonds. The van der Waals surface area contributed by atoms with E-state index in [1.807, 2.05) is 0 Å². The highest BCUT2D eigenvalue weighted by atomic mass is 16.2. The average molecular weight is 274 g/mol. The summed E-state index contributed by atoms with van der Waals surface area (Å²) in [6.07, 6.45) is 6.73.